The molecule has 6 heteroatoms. The molecular weight excluding hydrogens is 304 g/mol. The molecule has 0 spiro atoms. The molecule has 1 aromatic carbocycles. The first-order chi connectivity index (χ1) is 10.6. The van der Waals surface area contributed by atoms with Crippen molar-refractivity contribution in [3.05, 3.63) is 29.3 Å². The number of hydrogen-bond acceptors (Lipinski definition) is 3. The molecular formula is C16H21ClN2O3. The third kappa shape index (κ3) is 4.45. The van der Waals surface area contributed by atoms with Crippen molar-refractivity contribution in [1.29, 1.82) is 0 Å². The summed E-state index contributed by atoms with van der Waals surface area (Å²) in [6.07, 6.45) is 1.03. The summed E-state index contributed by atoms with van der Waals surface area (Å²) in [4.78, 5) is 25.8. The van der Waals surface area contributed by atoms with E-state index in [2.05, 4.69) is 5.32 Å². The van der Waals surface area contributed by atoms with Crippen molar-refractivity contribution in [2.75, 3.05) is 31.2 Å². The van der Waals surface area contributed by atoms with Crippen LogP contribution in [0.1, 0.15) is 19.8 Å². The van der Waals surface area contributed by atoms with Gasteiger partial charge >= 0.3 is 0 Å². The Kier molecular flexibility index (Phi) is 6.21. The normalized spacial score (nSPS) is 17.8. The van der Waals surface area contributed by atoms with Gasteiger partial charge in [-0.25, -0.2) is 0 Å². The summed E-state index contributed by atoms with van der Waals surface area (Å²) in [5, 5.41) is 3.49. The molecule has 0 aliphatic carbocycles. The Morgan fingerprint density at radius 3 is 2.82 bits per heavy atom. The van der Waals surface area contributed by atoms with Crippen molar-refractivity contribution in [1.82, 2.24) is 5.32 Å². The molecule has 22 heavy (non-hydrogen) atoms. The van der Waals surface area contributed by atoms with Gasteiger partial charge in [-0.3, -0.25) is 9.59 Å². The van der Waals surface area contributed by atoms with Gasteiger partial charge in [-0.15, -0.1) is 0 Å². The van der Waals surface area contributed by atoms with Gasteiger partial charge in [0.05, 0.1) is 5.92 Å². The van der Waals surface area contributed by atoms with E-state index in [1.807, 2.05) is 6.92 Å². The monoisotopic (exact) mass is 324 g/mol. The number of nitrogens with one attached hydrogen (secondary N) is 1. The van der Waals surface area contributed by atoms with Crippen LogP contribution in [0, 0.1) is 5.92 Å². The maximum atomic E-state index is 12.1. The second-order valence-electron chi connectivity index (χ2n) is 5.22. The predicted molar refractivity (Wildman–Crippen MR) is 86.0 cm³/mol. The molecule has 1 aliphatic rings. The number of carbonyl (C=O) groups excluding carboxylic acids is 2. The Hall–Kier alpha value is -1.59. The molecule has 1 aliphatic heterocycles. The molecule has 1 fully saturated rings. The summed E-state index contributed by atoms with van der Waals surface area (Å²) in [5.41, 5.74) is 0.779. The fraction of sp³-hybridized carbons (Fsp3) is 0.500. The van der Waals surface area contributed by atoms with Crippen LogP contribution >= 0.6 is 11.6 Å². The molecule has 1 aromatic rings. The van der Waals surface area contributed by atoms with Gasteiger partial charge in [0.1, 0.15) is 0 Å². The number of hydrogen-bond donors (Lipinski definition) is 1. The number of benzene rings is 1. The molecule has 0 saturated carbocycles. The maximum Gasteiger partial charge on any atom is 0.227 e. The molecule has 0 radical (unpaired) electrons. The number of nitrogens with zero attached hydrogens (tertiary/aromatic N) is 1. The first kappa shape index (κ1) is 16.8. The van der Waals surface area contributed by atoms with Gasteiger partial charge in [0.2, 0.25) is 11.8 Å². The second-order valence-corrected chi connectivity index (χ2v) is 5.66. The first-order valence-corrected chi connectivity index (χ1v) is 7.91. The van der Waals surface area contributed by atoms with Crippen LogP contribution in [0.15, 0.2) is 24.3 Å². The minimum Gasteiger partial charge on any atom is -0.382 e. The summed E-state index contributed by atoms with van der Waals surface area (Å²) in [7, 11) is 0. The van der Waals surface area contributed by atoms with Gasteiger partial charge in [0.15, 0.2) is 0 Å². The molecule has 2 amide bonds. The van der Waals surface area contributed by atoms with Gasteiger partial charge in [0, 0.05) is 43.4 Å². The quantitative estimate of drug-likeness (QED) is 0.782. The zero-order chi connectivity index (χ0) is 15.9. The second kappa shape index (κ2) is 8.15. The fourth-order valence-electron chi connectivity index (χ4n) is 2.43. The third-order valence-corrected chi connectivity index (χ3v) is 3.85. The van der Waals surface area contributed by atoms with Crippen LogP contribution in [0.2, 0.25) is 5.02 Å². The molecule has 0 unspecified atom stereocenters. The van der Waals surface area contributed by atoms with Crippen LogP contribution in [0.5, 0.6) is 0 Å². The molecule has 2 rings (SSSR count). The van der Waals surface area contributed by atoms with E-state index in [9.17, 15) is 9.59 Å². The minimum atomic E-state index is -0.296. The van der Waals surface area contributed by atoms with Gasteiger partial charge in [0.25, 0.3) is 0 Å². The van der Waals surface area contributed by atoms with Gasteiger partial charge < -0.3 is 15.0 Å². The Bertz CT molecular complexity index is 519. The van der Waals surface area contributed by atoms with Crippen LogP contribution in [-0.4, -0.2) is 38.1 Å². The topological polar surface area (TPSA) is 58.6 Å². The Balaban J connectivity index is 1.83. The van der Waals surface area contributed by atoms with Crippen molar-refractivity contribution in [2.24, 2.45) is 5.92 Å². The van der Waals surface area contributed by atoms with Gasteiger partial charge in [-0.2, -0.15) is 0 Å². The minimum absolute atomic E-state index is 0.0308. The smallest absolute Gasteiger partial charge is 0.227 e. The van der Waals surface area contributed by atoms with E-state index in [0.717, 1.165) is 12.1 Å². The molecule has 1 heterocycles. The average Bonchev–Trinajstić information content (AvgIpc) is 2.90. The molecule has 5 nitrogen and oxygen atoms in total. The van der Waals surface area contributed by atoms with Crippen LogP contribution in [0.3, 0.4) is 0 Å². The largest absolute Gasteiger partial charge is 0.382 e. The first-order valence-electron chi connectivity index (χ1n) is 7.53. The number of halogens is 1. The van der Waals surface area contributed by atoms with E-state index in [-0.39, 0.29) is 24.2 Å². The highest BCUT2D eigenvalue weighted by Crippen LogP contribution is 2.26. The van der Waals surface area contributed by atoms with Crippen molar-refractivity contribution in [3.63, 3.8) is 0 Å². The lowest BCUT2D eigenvalue weighted by Gasteiger charge is -2.16. The number of amides is 2. The van der Waals surface area contributed by atoms with E-state index in [1.165, 1.54) is 0 Å². The van der Waals surface area contributed by atoms with E-state index in [1.54, 1.807) is 29.2 Å². The highest BCUT2D eigenvalue weighted by Gasteiger charge is 2.34. The van der Waals surface area contributed by atoms with Crippen LogP contribution in [0.4, 0.5) is 5.69 Å². The fourth-order valence-corrected chi connectivity index (χ4v) is 2.55. The van der Waals surface area contributed by atoms with Crippen molar-refractivity contribution in [3.8, 4) is 0 Å². The van der Waals surface area contributed by atoms with Crippen molar-refractivity contribution in [2.45, 2.75) is 19.8 Å². The summed E-state index contributed by atoms with van der Waals surface area (Å²) < 4.78 is 5.22. The molecule has 1 saturated heterocycles. The third-order valence-electron chi connectivity index (χ3n) is 3.60. The molecule has 0 bridgehead atoms. The number of rotatable bonds is 7. The van der Waals surface area contributed by atoms with E-state index in [0.29, 0.717) is 31.3 Å². The van der Waals surface area contributed by atoms with E-state index in [4.69, 9.17) is 16.3 Å². The number of carbonyl (C=O) groups is 2. The lowest BCUT2D eigenvalue weighted by molar-refractivity contribution is -0.126. The highest BCUT2D eigenvalue weighted by atomic mass is 35.5. The SMILES string of the molecule is CCOCCCNC(=O)[C@H]1CC(=O)N(c2ccc(Cl)cc2)C1. The van der Waals surface area contributed by atoms with Crippen LogP contribution in [0.25, 0.3) is 0 Å². The Labute approximate surface area is 135 Å². The van der Waals surface area contributed by atoms with Gasteiger partial charge in [-0.1, -0.05) is 11.6 Å². The predicted octanol–water partition coefficient (Wildman–Crippen LogP) is 2.24. The summed E-state index contributed by atoms with van der Waals surface area (Å²) in [5.74, 6) is -0.395. The standard InChI is InChI=1S/C16H21ClN2O3/c1-2-22-9-3-8-18-16(21)12-10-15(20)19(11-12)14-6-4-13(17)5-7-14/h4-7,12H,2-3,8-11H2,1H3,(H,18,21)/t12-/m0/s1. The zero-order valence-corrected chi connectivity index (χ0v) is 13.4. The number of anilines is 1. The Morgan fingerprint density at radius 1 is 1.41 bits per heavy atom. The lowest BCUT2D eigenvalue weighted by atomic mass is 10.1. The Morgan fingerprint density at radius 2 is 2.14 bits per heavy atom. The number of ether oxygens (including phenoxy) is 1. The zero-order valence-electron chi connectivity index (χ0n) is 12.7. The highest BCUT2D eigenvalue weighted by molar-refractivity contribution is 6.30. The van der Waals surface area contributed by atoms with Crippen molar-refractivity contribution < 1.29 is 14.3 Å². The maximum absolute atomic E-state index is 12.1. The summed E-state index contributed by atoms with van der Waals surface area (Å²) in [6.45, 7) is 4.24. The van der Waals surface area contributed by atoms with E-state index >= 15 is 0 Å². The average molecular weight is 325 g/mol. The molecule has 0 aromatic heterocycles. The van der Waals surface area contributed by atoms with Crippen molar-refractivity contribution >= 4 is 29.1 Å². The lowest BCUT2D eigenvalue weighted by Crippen LogP contribution is -2.33. The van der Waals surface area contributed by atoms with Crippen LogP contribution in [-0.2, 0) is 14.3 Å². The molecule has 120 valence electrons. The van der Waals surface area contributed by atoms with E-state index < -0.39 is 0 Å². The summed E-state index contributed by atoms with van der Waals surface area (Å²) in [6, 6.07) is 7.07. The summed E-state index contributed by atoms with van der Waals surface area (Å²) >= 11 is 5.85. The molecule has 1 N–H and O–H groups in total. The van der Waals surface area contributed by atoms with Crippen LogP contribution < -0.4 is 10.2 Å². The van der Waals surface area contributed by atoms with Gasteiger partial charge in [-0.05, 0) is 37.6 Å². The molecule has 1 atom stereocenters.